The molecule has 0 amide bonds. The summed E-state index contributed by atoms with van der Waals surface area (Å²) in [5, 5.41) is 0. The number of esters is 3. The first kappa shape index (κ1) is 23.0. The van der Waals surface area contributed by atoms with Gasteiger partial charge in [-0.1, -0.05) is 30.3 Å². The maximum absolute atomic E-state index is 13.6. The average molecular weight is 427 g/mol. The van der Waals surface area contributed by atoms with E-state index in [0.717, 1.165) is 13.8 Å². The molecule has 0 aliphatic heterocycles. The van der Waals surface area contributed by atoms with Crippen molar-refractivity contribution in [2.75, 3.05) is 0 Å². The van der Waals surface area contributed by atoms with E-state index in [9.17, 15) is 27.6 Å². The lowest BCUT2D eigenvalue weighted by Gasteiger charge is -2.21. The van der Waals surface area contributed by atoms with E-state index in [4.69, 9.17) is 9.47 Å². The second-order valence-electron chi connectivity index (χ2n) is 6.39. The van der Waals surface area contributed by atoms with Crippen LogP contribution in [-0.2, 0) is 37.0 Å². The van der Waals surface area contributed by atoms with Crippen LogP contribution in [-0.4, -0.2) is 29.1 Å². The van der Waals surface area contributed by atoms with Crippen molar-refractivity contribution in [1.82, 2.24) is 4.98 Å². The van der Waals surface area contributed by atoms with Gasteiger partial charge in [-0.25, -0.2) is 4.79 Å². The van der Waals surface area contributed by atoms with Crippen LogP contribution in [0.3, 0.4) is 0 Å². The Kier molecular flexibility index (Phi) is 7.25. The van der Waals surface area contributed by atoms with Crippen LogP contribution in [0.2, 0.25) is 0 Å². The second kappa shape index (κ2) is 9.47. The molecule has 0 fully saturated rings. The third-order valence-corrected chi connectivity index (χ3v) is 4.06. The molecular weight excluding hydrogens is 407 g/mol. The van der Waals surface area contributed by atoms with E-state index < -0.39 is 42.4 Å². The van der Waals surface area contributed by atoms with Crippen molar-refractivity contribution in [1.29, 1.82) is 0 Å². The number of aromatic amines is 1. The Labute approximate surface area is 170 Å². The molecule has 1 unspecified atom stereocenters. The number of hydrogen-bond acceptors (Lipinski definition) is 6. The van der Waals surface area contributed by atoms with E-state index in [1.54, 1.807) is 30.3 Å². The van der Waals surface area contributed by atoms with Crippen LogP contribution in [0.5, 0.6) is 0 Å². The summed E-state index contributed by atoms with van der Waals surface area (Å²) in [6, 6.07) is 8.69. The van der Waals surface area contributed by atoms with Crippen LogP contribution in [0.15, 0.2) is 30.3 Å². The number of carbonyl (C=O) groups is 3. The van der Waals surface area contributed by atoms with E-state index >= 15 is 0 Å². The number of H-pyrrole nitrogens is 1. The van der Waals surface area contributed by atoms with Crippen LogP contribution >= 0.6 is 0 Å². The third-order valence-electron chi connectivity index (χ3n) is 4.06. The summed E-state index contributed by atoms with van der Waals surface area (Å²) >= 11 is 0. The van der Waals surface area contributed by atoms with Gasteiger partial charge in [0.1, 0.15) is 18.9 Å². The van der Waals surface area contributed by atoms with Gasteiger partial charge in [-0.2, -0.15) is 13.2 Å². The fourth-order valence-electron chi connectivity index (χ4n) is 2.77. The van der Waals surface area contributed by atoms with Gasteiger partial charge in [-0.3, -0.25) is 9.59 Å². The predicted molar refractivity (Wildman–Crippen MR) is 97.1 cm³/mol. The smallest absolute Gasteiger partial charge is 0.429 e. The van der Waals surface area contributed by atoms with Gasteiger partial charge in [-0.05, 0) is 18.1 Å². The maximum atomic E-state index is 13.6. The quantitative estimate of drug-likeness (QED) is 0.532. The summed E-state index contributed by atoms with van der Waals surface area (Å²) in [5.41, 5.74) is -0.435. The number of nitrogens with one attached hydrogen (secondary N) is 1. The Bertz CT molecular complexity index is 921. The Hall–Kier alpha value is -3.30. The van der Waals surface area contributed by atoms with E-state index in [1.807, 2.05) is 0 Å². The molecule has 0 saturated carbocycles. The molecule has 0 saturated heterocycles. The zero-order chi connectivity index (χ0) is 22.5. The summed E-state index contributed by atoms with van der Waals surface area (Å²) in [5.74, 6) is -2.81. The van der Waals surface area contributed by atoms with Crippen LogP contribution in [0.25, 0.3) is 0 Å². The molecule has 1 aromatic heterocycles. The van der Waals surface area contributed by atoms with Gasteiger partial charge in [0, 0.05) is 19.4 Å². The Morgan fingerprint density at radius 2 is 1.63 bits per heavy atom. The molecule has 0 aliphatic carbocycles. The topological polar surface area (TPSA) is 94.7 Å². The zero-order valence-electron chi connectivity index (χ0n) is 16.5. The molecule has 2 rings (SSSR count). The lowest BCUT2D eigenvalue weighted by atomic mass is 10.0. The average Bonchev–Trinajstić information content (AvgIpc) is 2.98. The van der Waals surface area contributed by atoms with Crippen molar-refractivity contribution >= 4 is 17.9 Å². The van der Waals surface area contributed by atoms with E-state index in [0.29, 0.717) is 5.56 Å². The minimum Gasteiger partial charge on any atom is -0.459 e. The Morgan fingerprint density at radius 1 is 1.00 bits per heavy atom. The van der Waals surface area contributed by atoms with E-state index in [2.05, 4.69) is 9.72 Å². The molecule has 0 aliphatic rings. The van der Waals surface area contributed by atoms with Gasteiger partial charge in [0.2, 0.25) is 6.10 Å². The summed E-state index contributed by atoms with van der Waals surface area (Å²) in [7, 11) is 0. The molecule has 1 aromatic carbocycles. The van der Waals surface area contributed by atoms with E-state index in [-0.39, 0.29) is 23.6 Å². The van der Waals surface area contributed by atoms with Gasteiger partial charge in [0.15, 0.2) is 0 Å². The number of hydrogen-bond donors (Lipinski definition) is 1. The van der Waals surface area contributed by atoms with Crippen molar-refractivity contribution in [2.24, 2.45) is 0 Å². The molecule has 1 heterocycles. The highest BCUT2D eigenvalue weighted by Gasteiger charge is 2.47. The van der Waals surface area contributed by atoms with Gasteiger partial charge >= 0.3 is 24.1 Å². The molecule has 30 heavy (non-hydrogen) atoms. The molecule has 10 heteroatoms. The zero-order valence-corrected chi connectivity index (χ0v) is 16.5. The Balaban J connectivity index is 2.41. The SMILES string of the molecule is CC(=O)OCc1[nH]c(C(=O)OCc2ccccc2)c(C)c1C(OC(C)=O)C(F)(F)F. The van der Waals surface area contributed by atoms with Crippen molar-refractivity contribution in [3.63, 3.8) is 0 Å². The maximum Gasteiger partial charge on any atom is 0.429 e. The molecule has 1 atom stereocenters. The monoisotopic (exact) mass is 427 g/mol. The summed E-state index contributed by atoms with van der Waals surface area (Å²) in [6.45, 7) is 2.49. The number of halogens is 3. The number of carbonyl (C=O) groups excluding carboxylic acids is 3. The summed E-state index contributed by atoms with van der Waals surface area (Å²) < 4.78 is 55.2. The molecule has 1 N–H and O–H groups in total. The van der Waals surface area contributed by atoms with Crippen LogP contribution in [0.4, 0.5) is 13.2 Å². The minimum atomic E-state index is -4.96. The summed E-state index contributed by atoms with van der Waals surface area (Å²) in [6.07, 6.45) is -7.61. The van der Waals surface area contributed by atoms with Crippen molar-refractivity contribution in [2.45, 2.75) is 46.3 Å². The summed E-state index contributed by atoms with van der Waals surface area (Å²) in [4.78, 5) is 37.4. The van der Waals surface area contributed by atoms with Gasteiger partial charge < -0.3 is 19.2 Å². The molecule has 2 aromatic rings. The van der Waals surface area contributed by atoms with Crippen LogP contribution in [0, 0.1) is 6.92 Å². The normalized spacial score (nSPS) is 12.2. The highest BCUT2D eigenvalue weighted by atomic mass is 19.4. The standard InChI is InChI=1S/C20H20F3NO6/c1-11-16(18(20(21,22)23)30-13(3)26)15(10-28-12(2)25)24-17(11)19(27)29-9-14-7-5-4-6-8-14/h4-8,18,24H,9-10H2,1-3H3. The third kappa shape index (κ3) is 5.85. The predicted octanol–water partition coefficient (Wildman–Crippen LogP) is 3.91. The highest BCUT2D eigenvalue weighted by Crippen LogP contribution is 2.40. The molecule has 7 nitrogen and oxygen atoms in total. The van der Waals surface area contributed by atoms with Gasteiger partial charge in [-0.15, -0.1) is 0 Å². The van der Waals surface area contributed by atoms with Crippen LogP contribution < -0.4 is 0 Å². The first-order valence-corrected chi connectivity index (χ1v) is 8.80. The largest absolute Gasteiger partial charge is 0.459 e. The Morgan fingerprint density at radius 3 is 2.17 bits per heavy atom. The fourth-order valence-corrected chi connectivity index (χ4v) is 2.77. The van der Waals surface area contributed by atoms with Crippen LogP contribution in [0.1, 0.15) is 52.8 Å². The van der Waals surface area contributed by atoms with Crippen molar-refractivity contribution in [3.05, 3.63) is 58.4 Å². The first-order valence-electron chi connectivity index (χ1n) is 8.80. The van der Waals surface area contributed by atoms with Crippen molar-refractivity contribution < 1.29 is 41.8 Å². The lowest BCUT2D eigenvalue weighted by Crippen LogP contribution is -2.27. The fraction of sp³-hybridized carbons (Fsp3) is 0.350. The van der Waals surface area contributed by atoms with Crippen molar-refractivity contribution in [3.8, 4) is 0 Å². The van der Waals surface area contributed by atoms with Gasteiger partial charge in [0.05, 0.1) is 5.69 Å². The number of benzene rings is 1. The number of rotatable bonds is 7. The first-order chi connectivity index (χ1) is 14.0. The second-order valence-corrected chi connectivity index (χ2v) is 6.39. The molecule has 0 bridgehead atoms. The molecule has 0 spiro atoms. The lowest BCUT2D eigenvalue weighted by molar-refractivity contribution is -0.223. The molecule has 162 valence electrons. The minimum absolute atomic E-state index is 0.0978. The number of ether oxygens (including phenoxy) is 3. The highest BCUT2D eigenvalue weighted by molar-refractivity contribution is 5.90. The van der Waals surface area contributed by atoms with E-state index in [1.165, 1.54) is 6.92 Å². The van der Waals surface area contributed by atoms with Gasteiger partial charge in [0.25, 0.3) is 0 Å². The molecule has 0 radical (unpaired) electrons. The number of aromatic nitrogens is 1. The number of alkyl halides is 3. The molecular formula is C20H20F3NO6.